The van der Waals surface area contributed by atoms with Crippen LogP contribution in [0.3, 0.4) is 0 Å². The summed E-state index contributed by atoms with van der Waals surface area (Å²) in [7, 11) is 3.17. The van der Waals surface area contributed by atoms with Gasteiger partial charge in [-0.1, -0.05) is 36.4 Å². The molecule has 1 aromatic heterocycles. The predicted octanol–water partition coefficient (Wildman–Crippen LogP) is 5.86. The van der Waals surface area contributed by atoms with Gasteiger partial charge in [0.25, 0.3) is 0 Å². The molecule has 2 N–H and O–H groups in total. The van der Waals surface area contributed by atoms with Crippen LogP contribution in [0.1, 0.15) is 11.4 Å². The Balaban J connectivity index is 1.46. The van der Waals surface area contributed by atoms with Crippen LogP contribution in [0, 0.1) is 6.92 Å². The number of ether oxygens (including phenoxy) is 2. The van der Waals surface area contributed by atoms with Gasteiger partial charge in [-0.15, -0.1) is 0 Å². The van der Waals surface area contributed by atoms with E-state index in [0.29, 0.717) is 28.8 Å². The van der Waals surface area contributed by atoms with Gasteiger partial charge in [-0.05, 0) is 43.3 Å². The van der Waals surface area contributed by atoms with Crippen LogP contribution in [0.5, 0.6) is 11.5 Å². The lowest BCUT2D eigenvalue weighted by Crippen LogP contribution is -2.08. The number of hydrogen-bond donors (Lipinski definition) is 2. The third-order valence-corrected chi connectivity index (χ3v) is 5.16. The molecule has 3 aromatic carbocycles. The number of aryl methyl sites for hydroxylation is 1. The molecule has 4 rings (SSSR count). The molecule has 0 fully saturated rings. The van der Waals surface area contributed by atoms with E-state index in [1.807, 2.05) is 79.7 Å². The Hall–Kier alpha value is -4.65. The van der Waals surface area contributed by atoms with E-state index in [4.69, 9.17) is 9.47 Å². The smallest absolute Gasteiger partial charge is 0.248 e. The van der Waals surface area contributed by atoms with E-state index in [0.717, 1.165) is 22.5 Å². The third kappa shape index (κ3) is 6.23. The van der Waals surface area contributed by atoms with Crippen molar-refractivity contribution >= 4 is 29.2 Å². The van der Waals surface area contributed by atoms with E-state index in [-0.39, 0.29) is 5.91 Å². The summed E-state index contributed by atoms with van der Waals surface area (Å²) < 4.78 is 10.6. The zero-order chi connectivity index (χ0) is 24.6. The molecule has 0 spiro atoms. The van der Waals surface area contributed by atoms with Crippen molar-refractivity contribution in [2.75, 3.05) is 24.9 Å². The van der Waals surface area contributed by atoms with Crippen molar-refractivity contribution in [2.24, 2.45) is 0 Å². The van der Waals surface area contributed by atoms with E-state index >= 15 is 0 Å². The molecule has 7 heteroatoms. The Morgan fingerprint density at radius 1 is 0.857 bits per heavy atom. The van der Waals surface area contributed by atoms with Crippen LogP contribution in [0.4, 0.5) is 17.2 Å². The molecule has 0 saturated carbocycles. The summed E-state index contributed by atoms with van der Waals surface area (Å²) in [5, 5.41) is 6.19. The maximum Gasteiger partial charge on any atom is 0.248 e. The SMILES string of the molecule is COc1ccc(/C=C/C(=O)Nc2cccc(Nc3cc(-c4ccccc4)nc(C)n3)c2)c(OC)c1. The zero-order valence-electron chi connectivity index (χ0n) is 19.8. The molecule has 0 radical (unpaired) electrons. The standard InChI is InChI=1S/C28H26N4O3/c1-19-29-25(20-8-5-4-6-9-20)18-27(30-19)31-22-10-7-11-23(16-22)32-28(33)15-13-21-12-14-24(34-2)17-26(21)35-3/h4-18H,1-3H3,(H,32,33)(H,29,30,31)/b15-13+. The summed E-state index contributed by atoms with van der Waals surface area (Å²) in [6.45, 7) is 1.86. The lowest BCUT2D eigenvalue weighted by Gasteiger charge is -2.10. The van der Waals surface area contributed by atoms with Crippen LogP contribution >= 0.6 is 0 Å². The highest BCUT2D eigenvalue weighted by atomic mass is 16.5. The van der Waals surface area contributed by atoms with E-state index in [1.165, 1.54) is 6.08 Å². The molecule has 1 heterocycles. The molecule has 176 valence electrons. The first-order valence-corrected chi connectivity index (χ1v) is 11.0. The second kappa shape index (κ2) is 11.0. The molecule has 0 aliphatic heterocycles. The normalized spacial score (nSPS) is 10.7. The minimum absolute atomic E-state index is 0.260. The Bertz CT molecular complexity index is 1350. The molecule has 0 aliphatic carbocycles. The van der Waals surface area contributed by atoms with Crippen molar-refractivity contribution in [3.63, 3.8) is 0 Å². The lowest BCUT2D eigenvalue weighted by molar-refractivity contribution is -0.111. The van der Waals surface area contributed by atoms with Crippen molar-refractivity contribution in [1.29, 1.82) is 0 Å². The number of anilines is 3. The molecule has 0 unspecified atom stereocenters. The first-order valence-electron chi connectivity index (χ1n) is 11.0. The van der Waals surface area contributed by atoms with Gasteiger partial charge in [0.15, 0.2) is 0 Å². The van der Waals surface area contributed by atoms with Gasteiger partial charge in [-0.25, -0.2) is 9.97 Å². The number of amides is 1. The fourth-order valence-corrected chi connectivity index (χ4v) is 3.52. The van der Waals surface area contributed by atoms with Crippen LogP contribution in [-0.4, -0.2) is 30.1 Å². The number of hydrogen-bond acceptors (Lipinski definition) is 6. The van der Waals surface area contributed by atoms with Gasteiger partial charge < -0.3 is 20.1 Å². The molecule has 0 aliphatic rings. The average molecular weight is 467 g/mol. The minimum atomic E-state index is -0.260. The van der Waals surface area contributed by atoms with E-state index in [2.05, 4.69) is 20.6 Å². The van der Waals surface area contributed by atoms with Gasteiger partial charge in [0.1, 0.15) is 23.1 Å². The monoisotopic (exact) mass is 466 g/mol. The molecule has 7 nitrogen and oxygen atoms in total. The first-order chi connectivity index (χ1) is 17.0. The van der Waals surface area contributed by atoms with Crippen LogP contribution in [0.2, 0.25) is 0 Å². The zero-order valence-corrected chi connectivity index (χ0v) is 19.8. The number of rotatable bonds is 8. The summed E-state index contributed by atoms with van der Waals surface area (Å²) >= 11 is 0. The van der Waals surface area contributed by atoms with E-state index in [1.54, 1.807) is 26.4 Å². The van der Waals surface area contributed by atoms with Crippen molar-refractivity contribution in [1.82, 2.24) is 9.97 Å². The molecular formula is C28H26N4O3. The maximum absolute atomic E-state index is 12.5. The summed E-state index contributed by atoms with van der Waals surface area (Å²) in [5.41, 5.74) is 4.07. The first kappa shape index (κ1) is 23.5. The summed E-state index contributed by atoms with van der Waals surface area (Å²) in [5.74, 6) is 2.38. The number of carbonyl (C=O) groups is 1. The van der Waals surface area contributed by atoms with Crippen molar-refractivity contribution in [2.45, 2.75) is 6.92 Å². The van der Waals surface area contributed by atoms with Crippen molar-refractivity contribution in [3.8, 4) is 22.8 Å². The molecule has 1 amide bonds. The fourth-order valence-electron chi connectivity index (χ4n) is 3.52. The Morgan fingerprint density at radius 3 is 2.43 bits per heavy atom. The summed E-state index contributed by atoms with van der Waals surface area (Å²) in [6.07, 6.45) is 3.16. The molecular weight excluding hydrogens is 440 g/mol. The second-order valence-electron chi connectivity index (χ2n) is 7.69. The highest BCUT2D eigenvalue weighted by Gasteiger charge is 2.07. The molecule has 35 heavy (non-hydrogen) atoms. The van der Waals surface area contributed by atoms with Gasteiger partial charge in [-0.2, -0.15) is 0 Å². The van der Waals surface area contributed by atoms with Crippen LogP contribution in [0.15, 0.2) is 84.9 Å². The molecule has 0 atom stereocenters. The number of benzene rings is 3. The summed E-state index contributed by atoms with van der Waals surface area (Å²) in [6, 6.07) is 24.7. The maximum atomic E-state index is 12.5. The Labute approximate surface area is 204 Å². The fraction of sp³-hybridized carbons (Fsp3) is 0.107. The topological polar surface area (TPSA) is 85.4 Å². The van der Waals surface area contributed by atoms with E-state index < -0.39 is 0 Å². The largest absolute Gasteiger partial charge is 0.497 e. The molecule has 0 saturated heterocycles. The van der Waals surface area contributed by atoms with Crippen molar-refractivity contribution in [3.05, 3.63) is 96.3 Å². The van der Waals surface area contributed by atoms with Crippen LogP contribution in [0.25, 0.3) is 17.3 Å². The highest BCUT2D eigenvalue weighted by Crippen LogP contribution is 2.26. The lowest BCUT2D eigenvalue weighted by atomic mass is 10.1. The second-order valence-corrected chi connectivity index (χ2v) is 7.69. The van der Waals surface area contributed by atoms with Gasteiger partial charge in [0.2, 0.25) is 5.91 Å². The van der Waals surface area contributed by atoms with Crippen molar-refractivity contribution < 1.29 is 14.3 Å². The van der Waals surface area contributed by atoms with E-state index in [9.17, 15) is 4.79 Å². The number of aromatic nitrogens is 2. The van der Waals surface area contributed by atoms with Crippen LogP contribution in [-0.2, 0) is 4.79 Å². The van der Waals surface area contributed by atoms with Gasteiger partial charge >= 0.3 is 0 Å². The minimum Gasteiger partial charge on any atom is -0.497 e. The molecule has 4 aromatic rings. The quantitative estimate of drug-likeness (QED) is 0.316. The third-order valence-electron chi connectivity index (χ3n) is 5.16. The summed E-state index contributed by atoms with van der Waals surface area (Å²) in [4.78, 5) is 21.6. The Kier molecular flexibility index (Phi) is 7.37. The van der Waals surface area contributed by atoms with Crippen LogP contribution < -0.4 is 20.1 Å². The number of nitrogens with zero attached hydrogens (tertiary/aromatic N) is 2. The number of nitrogens with one attached hydrogen (secondary N) is 2. The van der Waals surface area contributed by atoms with Gasteiger partial charge in [0, 0.05) is 40.7 Å². The Morgan fingerprint density at radius 2 is 1.66 bits per heavy atom. The number of methoxy groups -OCH3 is 2. The average Bonchev–Trinajstić information content (AvgIpc) is 2.87. The highest BCUT2D eigenvalue weighted by molar-refractivity contribution is 6.02. The molecule has 0 bridgehead atoms. The predicted molar refractivity (Wildman–Crippen MR) is 139 cm³/mol. The number of carbonyl (C=O) groups excluding carboxylic acids is 1. The van der Waals surface area contributed by atoms with Gasteiger partial charge in [0.05, 0.1) is 19.9 Å². The van der Waals surface area contributed by atoms with Gasteiger partial charge in [-0.3, -0.25) is 4.79 Å².